The summed E-state index contributed by atoms with van der Waals surface area (Å²) >= 11 is 1.99. The molecule has 0 aromatic carbocycles. The Morgan fingerprint density at radius 2 is 2.25 bits per heavy atom. The highest BCUT2D eigenvalue weighted by Crippen LogP contribution is 2.38. The molecule has 1 N–H and O–H groups in total. The van der Waals surface area contributed by atoms with Crippen LogP contribution >= 0.6 is 11.8 Å². The summed E-state index contributed by atoms with van der Waals surface area (Å²) in [5, 5.41) is 9.84. The van der Waals surface area contributed by atoms with E-state index in [0.717, 1.165) is 16.9 Å². The van der Waals surface area contributed by atoms with E-state index in [1.807, 2.05) is 23.5 Å². The maximum Gasteiger partial charge on any atom is 0.0942 e. The molecule has 0 spiro atoms. The van der Waals surface area contributed by atoms with Gasteiger partial charge in [-0.05, 0) is 38.8 Å². The summed E-state index contributed by atoms with van der Waals surface area (Å²) in [6.45, 7) is 4.41. The number of aryl methyl sites for hydroxylation is 2. The van der Waals surface area contributed by atoms with Gasteiger partial charge in [0.2, 0.25) is 0 Å². The van der Waals surface area contributed by atoms with Crippen molar-refractivity contribution in [3.63, 3.8) is 0 Å². The normalized spacial score (nSPS) is 29.9. The van der Waals surface area contributed by atoms with Gasteiger partial charge in [-0.1, -0.05) is 6.92 Å². The molecule has 1 aromatic heterocycles. The third-order valence-corrected chi connectivity index (χ3v) is 5.18. The van der Waals surface area contributed by atoms with E-state index in [2.05, 4.69) is 37.4 Å². The number of nitrogens with zero attached hydrogens (tertiary/aromatic N) is 2. The van der Waals surface area contributed by atoms with Gasteiger partial charge in [0.1, 0.15) is 0 Å². The third-order valence-electron chi connectivity index (χ3n) is 3.59. The molecule has 0 saturated heterocycles. The number of hydrogen-bond donors (Lipinski definition) is 1. The van der Waals surface area contributed by atoms with Crippen LogP contribution in [-0.2, 0) is 7.05 Å². The van der Waals surface area contributed by atoms with Crippen LogP contribution in [0.2, 0.25) is 0 Å². The van der Waals surface area contributed by atoms with Gasteiger partial charge in [-0.2, -0.15) is 5.10 Å². The van der Waals surface area contributed by atoms with Crippen molar-refractivity contribution in [1.82, 2.24) is 15.1 Å². The van der Waals surface area contributed by atoms with E-state index in [-0.39, 0.29) is 0 Å². The first-order valence-electron chi connectivity index (χ1n) is 5.96. The van der Waals surface area contributed by atoms with Gasteiger partial charge in [-0.25, -0.2) is 0 Å². The predicted octanol–water partition coefficient (Wildman–Crippen LogP) is 2.21. The van der Waals surface area contributed by atoms with Crippen molar-refractivity contribution in [3.8, 4) is 0 Å². The number of aromatic nitrogens is 2. The summed E-state index contributed by atoms with van der Waals surface area (Å²) in [7, 11) is 4.10. The van der Waals surface area contributed by atoms with Crippen molar-refractivity contribution in [2.75, 3.05) is 7.05 Å². The van der Waals surface area contributed by atoms with Crippen LogP contribution in [0.15, 0.2) is 11.1 Å². The lowest BCUT2D eigenvalue weighted by Gasteiger charge is -2.19. The van der Waals surface area contributed by atoms with Gasteiger partial charge >= 0.3 is 0 Å². The minimum absolute atomic E-state index is 0.687. The molecule has 0 aliphatic heterocycles. The van der Waals surface area contributed by atoms with E-state index in [0.29, 0.717) is 6.04 Å². The smallest absolute Gasteiger partial charge is 0.0942 e. The minimum atomic E-state index is 0.687. The highest BCUT2D eigenvalue weighted by Gasteiger charge is 2.32. The van der Waals surface area contributed by atoms with Crippen LogP contribution in [0.4, 0.5) is 0 Å². The molecular weight excluding hydrogens is 218 g/mol. The Labute approximate surface area is 102 Å². The molecule has 1 heterocycles. The molecule has 90 valence electrons. The van der Waals surface area contributed by atoms with Gasteiger partial charge in [0.15, 0.2) is 0 Å². The van der Waals surface area contributed by atoms with Crippen LogP contribution in [-0.4, -0.2) is 28.1 Å². The molecule has 3 atom stereocenters. The lowest BCUT2D eigenvalue weighted by molar-refractivity contribution is 0.463. The Morgan fingerprint density at radius 3 is 2.75 bits per heavy atom. The molecule has 1 fully saturated rings. The van der Waals surface area contributed by atoms with Crippen molar-refractivity contribution in [3.05, 3.63) is 11.8 Å². The summed E-state index contributed by atoms with van der Waals surface area (Å²) < 4.78 is 2.00. The second kappa shape index (κ2) is 4.80. The Kier molecular flexibility index (Phi) is 3.60. The van der Waals surface area contributed by atoms with Crippen LogP contribution in [0.25, 0.3) is 0 Å². The van der Waals surface area contributed by atoms with Gasteiger partial charge in [0.25, 0.3) is 0 Å². The monoisotopic (exact) mass is 239 g/mol. The van der Waals surface area contributed by atoms with Crippen LogP contribution in [0.1, 0.15) is 25.5 Å². The second-order valence-electron chi connectivity index (χ2n) is 4.74. The van der Waals surface area contributed by atoms with Crippen molar-refractivity contribution >= 4 is 11.8 Å². The molecule has 1 aliphatic carbocycles. The quantitative estimate of drug-likeness (QED) is 0.877. The number of rotatable bonds is 3. The Balaban J connectivity index is 2.03. The highest BCUT2D eigenvalue weighted by molar-refractivity contribution is 7.99. The van der Waals surface area contributed by atoms with E-state index in [1.165, 1.54) is 17.9 Å². The standard InChI is InChI=1S/C12H21N3S/c1-8-7-12(15(4)14-8)16-11-6-5-10(13-3)9(11)2/h7,9-11,13H,5-6H2,1-4H3. The third kappa shape index (κ3) is 2.28. The number of thioether (sulfide) groups is 1. The lowest BCUT2D eigenvalue weighted by Crippen LogP contribution is -2.30. The molecule has 1 aliphatic rings. The second-order valence-corrected chi connectivity index (χ2v) is 5.99. The average molecular weight is 239 g/mol. The predicted molar refractivity (Wildman–Crippen MR) is 68.8 cm³/mol. The number of hydrogen-bond acceptors (Lipinski definition) is 3. The molecule has 3 unspecified atom stereocenters. The Hall–Kier alpha value is -0.480. The Morgan fingerprint density at radius 1 is 1.50 bits per heavy atom. The van der Waals surface area contributed by atoms with Gasteiger partial charge in [-0.15, -0.1) is 11.8 Å². The number of nitrogens with one attached hydrogen (secondary N) is 1. The fourth-order valence-corrected chi connectivity index (χ4v) is 3.95. The largest absolute Gasteiger partial charge is 0.317 e. The van der Waals surface area contributed by atoms with E-state index in [4.69, 9.17) is 0 Å². The molecule has 0 radical (unpaired) electrons. The Bertz CT molecular complexity index is 361. The molecule has 3 nitrogen and oxygen atoms in total. The average Bonchev–Trinajstić information content (AvgIpc) is 2.73. The van der Waals surface area contributed by atoms with E-state index >= 15 is 0 Å². The van der Waals surface area contributed by atoms with E-state index in [1.54, 1.807) is 0 Å². The summed E-state index contributed by atoms with van der Waals surface area (Å²) in [6, 6.07) is 2.87. The summed E-state index contributed by atoms with van der Waals surface area (Å²) in [6.07, 6.45) is 2.60. The maximum absolute atomic E-state index is 4.40. The zero-order valence-electron chi connectivity index (χ0n) is 10.5. The molecule has 16 heavy (non-hydrogen) atoms. The molecule has 0 bridgehead atoms. The van der Waals surface area contributed by atoms with Crippen molar-refractivity contribution in [2.24, 2.45) is 13.0 Å². The molecule has 0 amide bonds. The van der Waals surface area contributed by atoms with Crippen molar-refractivity contribution < 1.29 is 0 Å². The van der Waals surface area contributed by atoms with Gasteiger partial charge in [0.05, 0.1) is 10.7 Å². The zero-order chi connectivity index (χ0) is 11.7. The minimum Gasteiger partial charge on any atom is -0.317 e. The lowest BCUT2D eigenvalue weighted by atomic mass is 10.1. The first-order valence-corrected chi connectivity index (χ1v) is 6.84. The summed E-state index contributed by atoms with van der Waals surface area (Å²) in [4.78, 5) is 0. The van der Waals surface area contributed by atoms with Crippen LogP contribution in [0, 0.1) is 12.8 Å². The van der Waals surface area contributed by atoms with E-state index in [9.17, 15) is 0 Å². The van der Waals surface area contributed by atoms with Gasteiger partial charge in [0, 0.05) is 18.3 Å². The topological polar surface area (TPSA) is 29.9 Å². The highest BCUT2D eigenvalue weighted by atomic mass is 32.2. The zero-order valence-corrected chi connectivity index (χ0v) is 11.3. The SMILES string of the molecule is CNC1CCC(Sc2cc(C)nn2C)C1C. The molecule has 4 heteroatoms. The van der Waals surface area contributed by atoms with Crippen molar-refractivity contribution in [2.45, 2.75) is 43.0 Å². The first kappa shape index (κ1) is 12.0. The van der Waals surface area contributed by atoms with Gasteiger partial charge in [-0.3, -0.25) is 4.68 Å². The molecule has 1 saturated carbocycles. The maximum atomic E-state index is 4.40. The van der Waals surface area contributed by atoms with Crippen LogP contribution < -0.4 is 5.32 Å². The molecule has 1 aromatic rings. The summed E-state index contributed by atoms with van der Waals surface area (Å²) in [5.74, 6) is 0.741. The van der Waals surface area contributed by atoms with Crippen LogP contribution in [0.5, 0.6) is 0 Å². The fourth-order valence-electron chi connectivity index (χ4n) is 2.55. The van der Waals surface area contributed by atoms with Crippen LogP contribution in [0.3, 0.4) is 0 Å². The first-order chi connectivity index (χ1) is 7.61. The molecular formula is C12H21N3S. The fraction of sp³-hybridized carbons (Fsp3) is 0.750. The van der Waals surface area contributed by atoms with Crippen molar-refractivity contribution in [1.29, 1.82) is 0 Å². The summed E-state index contributed by atoms with van der Waals surface area (Å²) in [5.41, 5.74) is 1.11. The van der Waals surface area contributed by atoms with E-state index < -0.39 is 0 Å². The van der Waals surface area contributed by atoms with Gasteiger partial charge < -0.3 is 5.32 Å². The molecule has 2 rings (SSSR count).